The van der Waals surface area contributed by atoms with Crippen molar-refractivity contribution < 1.29 is 33.0 Å². The van der Waals surface area contributed by atoms with Crippen molar-refractivity contribution in [1.29, 1.82) is 0 Å². The van der Waals surface area contributed by atoms with Crippen molar-refractivity contribution >= 4 is 30.1 Å². The van der Waals surface area contributed by atoms with Crippen LogP contribution in [0, 0.1) is 17.7 Å². The van der Waals surface area contributed by atoms with Gasteiger partial charge in [-0.1, -0.05) is 80.1 Å². The normalized spacial score (nSPS) is 10.4. The molecule has 0 aliphatic rings. The minimum Gasteiger partial charge on any atom is -0.423 e. The average Bonchev–Trinajstić information content (AvgIpc) is 3.05. The van der Waals surface area contributed by atoms with Gasteiger partial charge in [0.1, 0.15) is 23.1 Å². The zero-order chi connectivity index (χ0) is 34.1. The lowest BCUT2D eigenvalue weighted by Crippen LogP contribution is -2.09. The molecule has 0 amide bonds. The summed E-state index contributed by atoms with van der Waals surface area (Å²) in [5, 5.41) is 0. The van der Waals surface area contributed by atoms with Crippen LogP contribution in [0.4, 0.5) is 4.39 Å². The molecule has 0 fully saturated rings. The highest BCUT2D eigenvalue weighted by atomic mass is 19.1. The predicted molar refractivity (Wildman–Crippen MR) is 181 cm³/mol. The lowest BCUT2D eigenvalue weighted by atomic mass is 10.0. The van der Waals surface area contributed by atoms with E-state index in [4.69, 9.17) is 14.2 Å². The van der Waals surface area contributed by atoms with E-state index in [2.05, 4.69) is 31.6 Å². The SMILES string of the molecule is C=C(C)C(=O)Oc1ccc(C=Cc2cc(OC(=O)C(=C)C)c(C#Cc3ccc(-c4ccc(OC(=O)C(=C)C)cc4)cc3)cc2F)cc1. The number of esters is 3. The van der Waals surface area contributed by atoms with Crippen LogP contribution in [-0.4, -0.2) is 17.9 Å². The number of rotatable bonds is 9. The maximum atomic E-state index is 15.2. The number of carbonyl (C=O) groups is 3. The number of benzene rings is 4. The molecule has 6 nitrogen and oxygen atoms in total. The Labute approximate surface area is 273 Å². The molecule has 0 unspecified atom stereocenters. The second kappa shape index (κ2) is 15.2. The minimum atomic E-state index is -0.667. The van der Waals surface area contributed by atoms with Crippen molar-refractivity contribution in [3.05, 3.63) is 149 Å². The summed E-state index contributed by atoms with van der Waals surface area (Å²) in [6.07, 6.45) is 3.21. The Morgan fingerprint density at radius 3 is 1.60 bits per heavy atom. The third kappa shape index (κ3) is 9.37. The molecule has 0 aliphatic heterocycles. The molecule has 47 heavy (non-hydrogen) atoms. The monoisotopic (exact) mass is 626 g/mol. The lowest BCUT2D eigenvalue weighted by Gasteiger charge is -2.09. The van der Waals surface area contributed by atoms with E-state index in [9.17, 15) is 14.4 Å². The van der Waals surface area contributed by atoms with Crippen LogP contribution in [0.2, 0.25) is 0 Å². The van der Waals surface area contributed by atoms with E-state index >= 15 is 4.39 Å². The average molecular weight is 627 g/mol. The van der Waals surface area contributed by atoms with Crippen LogP contribution in [-0.2, 0) is 14.4 Å². The van der Waals surface area contributed by atoms with Crippen LogP contribution in [0.1, 0.15) is 43.0 Å². The van der Waals surface area contributed by atoms with E-state index in [0.29, 0.717) is 22.6 Å². The summed E-state index contributed by atoms with van der Waals surface area (Å²) in [5.74, 6) is 4.51. The van der Waals surface area contributed by atoms with Gasteiger partial charge in [-0.3, -0.25) is 0 Å². The molecule has 0 aliphatic carbocycles. The van der Waals surface area contributed by atoms with Gasteiger partial charge in [-0.2, -0.15) is 0 Å². The van der Waals surface area contributed by atoms with Crippen LogP contribution < -0.4 is 14.2 Å². The van der Waals surface area contributed by atoms with E-state index < -0.39 is 23.7 Å². The van der Waals surface area contributed by atoms with Crippen molar-refractivity contribution in [1.82, 2.24) is 0 Å². The summed E-state index contributed by atoms with van der Waals surface area (Å²) in [5.41, 5.74) is 4.30. The van der Waals surface area contributed by atoms with Gasteiger partial charge in [0.2, 0.25) is 0 Å². The summed E-state index contributed by atoms with van der Waals surface area (Å²) in [6, 6.07) is 23.7. The van der Waals surface area contributed by atoms with Crippen molar-refractivity contribution in [2.75, 3.05) is 0 Å². The van der Waals surface area contributed by atoms with Gasteiger partial charge in [-0.25, -0.2) is 18.8 Å². The molecule has 4 aromatic carbocycles. The van der Waals surface area contributed by atoms with Crippen molar-refractivity contribution in [2.24, 2.45) is 0 Å². The van der Waals surface area contributed by atoms with Gasteiger partial charge in [-0.05, 0) is 86.0 Å². The zero-order valence-electron chi connectivity index (χ0n) is 26.2. The molecule has 4 rings (SSSR count). The van der Waals surface area contributed by atoms with E-state index in [0.717, 1.165) is 16.7 Å². The second-order valence-electron chi connectivity index (χ2n) is 10.6. The number of halogens is 1. The van der Waals surface area contributed by atoms with Crippen LogP contribution >= 0.6 is 0 Å². The smallest absolute Gasteiger partial charge is 0.338 e. The van der Waals surface area contributed by atoms with Crippen LogP contribution in [0.25, 0.3) is 23.3 Å². The van der Waals surface area contributed by atoms with Crippen molar-refractivity contribution in [3.8, 4) is 40.2 Å². The maximum Gasteiger partial charge on any atom is 0.338 e. The molecule has 0 saturated heterocycles. The summed E-state index contributed by atoms with van der Waals surface area (Å²) in [7, 11) is 0. The first-order valence-electron chi connectivity index (χ1n) is 14.4. The highest BCUT2D eigenvalue weighted by Gasteiger charge is 2.13. The quantitative estimate of drug-likeness (QED) is 0.0610. The number of hydrogen-bond donors (Lipinski definition) is 0. The van der Waals surface area contributed by atoms with E-state index in [1.54, 1.807) is 56.3 Å². The van der Waals surface area contributed by atoms with Gasteiger partial charge >= 0.3 is 17.9 Å². The summed E-state index contributed by atoms with van der Waals surface area (Å²) < 4.78 is 31.2. The first-order chi connectivity index (χ1) is 22.4. The molecular weight excluding hydrogens is 595 g/mol. The van der Waals surface area contributed by atoms with Gasteiger partial charge in [0, 0.05) is 27.8 Å². The van der Waals surface area contributed by atoms with Gasteiger partial charge < -0.3 is 14.2 Å². The molecule has 0 saturated carbocycles. The Morgan fingerprint density at radius 1 is 0.617 bits per heavy atom. The first-order valence-corrected chi connectivity index (χ1v) is 14.4. The largest absolute Gasteiger partial charge is 0.423 e. The maximum absolute atomic E-state index is 15.2. The zero-order valence-corrected chi connectivity index (χ0v) is 26.2. The predicted octanol–water partition coefficient (Wildman–Crippen LogP) is 8.51. The molecule has 0 radical (unpaired) electrons. The number of carbonyl (C=O) groups excluding carboxylic acids is 3. The molecule has 234 valence electrons. The van der Waals surface area contributed by atoms with Gasteiger partial charge in [0.15, 0.2) is 0 Å². The van der Waals surface area contributed by atoms with E-state index in [-0.39, 0.29) is 28.0 Å². The molecular formula is C40H31FO6. The molecule has 0 bridgehead atoms. The standard InChI is InChI=1S/C40H31FO6/c1-25(2)38(42)45-34-19-11-29(12-20-34)9-15-32-24-37(47-40(44)27(5)6)33(23-36(32)41)16-10-28-7-13-30(14-8-28)31-17-21-35(22-18-31)46-39(43)26(3)4/h7-9,11-15,17-24H,1,3,5H2,2,4,6H3. The first kappa shape index (κ1) is 33.6. The molecule has 4 aromatic rings. The minimum absolute atomic E-state index is 0.0812. The Hall–Kier alpha value is -6.26. The van der Waals surface area contributed by atoms with Gasteiger partial charge in [-0.15, -0.1) is 0 Å². The Balaban J connectivity index is 1.54. The molecule has 0 spiro atoms. The number of hydrogen-bond acceptors (Lipinski definition) is 6. The fourth-order valence-corrected chi connectivity index (χ4v) is 3.89. The van der Waals surface area contributed by atoms with E-state index in [1.807, 2.05) is 36.4 Å². The summed E-state index contributed by atoms with van der Waals surface area (Å²) in [4.78, 5) is 35.9. The fraction of sp³-hybridized carbons (Fsp3) is 0.0750. The van der Waals surface area contributed by atoms with E-state index in [1.165, 1.54) is 25.1 Å². The summed E-state index contributed by atoms with van der Waals surface area (Å²) >= 11 is 0. The van der Waals surface area contributed by atoms with Crippen molar-refractivity contribution in [3.63, 3.8) is 0 Å². The second-order valence-corrected chi connectivity index (χ2v) is 10.6. The molecule has 0 heterocycles. The van der Waals surface area contributed by atoms with Gasteiger partial charge in [0.25, 0.3) is 0 Å². The molecule has 0 N–H and O–H groups in total. The third-order valence-electron chi connectivity index (χ3n) is 6.52. The molecule has 0 atom stereocenters. The topological polar surface area (TPSA) is 78.9 Å². The van der Waals surface area contributed by atoms with Crippen LogP contribution in [0.5, 0.6) is 17.2 Å². The van der Waals surface area contributed by atoms with Crippen LogP contribution in [0.3, 0.4) is 0 Å². The summed E-state index contributed by atoms with van der Waals surface area (Å²) in [6.45, 7) is 15.4. The van der Waals surface area contributed by atoms with Crippen molar-refractivity contribution in [2.45, 2.75) is 20.8 Å². The molecule has 7 heteroatoms. The van der Waals surface area contributed by atoms with Crippen LogP contribution in [0.15, 0.2) is 121 Å². The molecule has 0 aromatic heterocycles. The Morgan fingerprint density at radius 2 is 1.09 bits per heavy atom. The number of ether oxygens (including phenoxy) is 3. The highest BCUT2D eigenvalue weighted by Crippen LogP contribution is 2.27. The fourth-order valence-electron chi connectivity index (χ4n) is 3.89. The Bertz CT molecular complexity index is 1970. The Kier molecular flexibility index (Phi) is 10.8. The third-order valence-corrected chi connectivity index (χ3v) is 6.52. The van der Waals surface area contributed by atoms with Gasteiger partial charge in [0.05, 0.1) is 5.56 Å². The highest BCUT2D eigenvalue weighted by molar-refractivity contribution is 5.90. The lowest BCUT2D eigenvalue weighted by molar-refractivity contribution is -0.130.